The Bertz CT molecular complexity index is 1260. The van der Waals surface area contributed by atoms with Gasteiger partial charge in [0.1, 0.15) is 20.7 Å². The van der Waals surface area contributed by atoms with Crippen molar-refractivity contribution in [3.05, 3.63) is 27.7 Å². The van der Waals surface area contributed by atoms with E-state index in [2.05, 4.69) is 27.2 Å². The summed E-state index contributed by atoms with van der Waals surface area (Å²) in [7, 11) is 0. The van der Waals surface area contributed by atoms with Gasteiger partial charge in [-0.3, -0.25) is 4.79 Å². The predicted octanol–water partition coefficient (Wildman–Crippen LogP) is 5.77. The first-order valence-corrected chi connectivity index (χ1v) is 11.0. The molecule has 0 bridgehead atoms. The third-order valence-corrected chi connectivity index (χ3v) is 7.15. The zero-order valence-corrected chi connectivity index (χ0v) is 16.8. The van der Waals surface area contributed by atoms with E-state index in [1.165, 1.54) is 28.7 Å². The first kappa shape index (κ1) is 17.9. The first-order valence-electron chi connectivity index (χ1n) is 9.38. The molecule has 4 heterocycles. The highest BCUT2D eigenvalue weighted by Gasteiger charge is 2.30. The van der Waals surface area contributed by atoms with Crippen molar-refractivity contribution in [1.82, 2.24) is 15.0 Å². The number of pyridine rings is 2. The summed E-state index contributed by atoms with van der Waals surface area (Å²) in [6.07, 6.45) is 1.44. The minimum atomic E-state index is -2.61. The van der Waals surface area contributed by atoms with E-state index in [1.807, 2.05) is 0 Å². The fourth-order valence-electron chi connectivity index (χ4n) is 3.51. The lowest BCUT2D eigenvalue weighted by molar-refractivity contribution is 0.146. The molecule has 0 atom stereocenters. The van der Waals surface area contributed by atoms with Crippen LogP contribution in [0, 0.1) is 0 Å². The van der Waals surface area contributed by atoms with Crippen LogP contribution in [0.4, 0.5) is 13.9 Å². The number of aromatic nitrogens is 3. The predicted molar refractivity (Wildman–Crippen MR) is 111 cm³/mol. The Labute approximate surface area is 166 Å². The Kier molecular flexibility index (Phi) is 4.31. The third-order valence-electron chi connectivity index (χ3n) is 5.05. The molecule has 0 unspecified atom stereocenters. The summed E-state index contributed by atoms with van der Waals surface area (Å²) in [4.78, 5) is 25.1. The number of thiophene rings is 1. The van der Waals surface area contributed by atoms with Gasteiger partial charge in [-0.2, -0.15) is 0 Å². The molecule has 0 saturated heterocycles. The van der Waals surface area contributed by atoms with Gasteiger partial charge in [0.25, 0.3) is 12.0 Å². The molecule has 1 aliphatic rings. The average molecular weight is 421 g/mol. The van der Waals surface area contributed by atoms with Gasteiger partial charge in [-0.1, -0.05) is 24.7 Å². The number of unbranched alkanes of at least 4 members (excludes halogenated alkanes) is 1. The van der Waals surface area contributed by atoms with E-state index in [1.54, 1.807) is 0 Å². The van der Waals surface area contributed by atoms with Gasteiger partial charge in [-0.25, -0.2) is 18.7 Å². The van der Waals surface area contributed by atoms with E-state index in [9.17, 15) is 13.6 Å². The maximum atomic E-state index is 13.3. The van der Waals surface area contributed by atoms with Crippen LogP contribution < -0.4 is 10.9 Å². The SMILES string of the molecule is CCCCNc1nc2c(s1)c(=O)[nH]c1c2sc2nc(C(F)F)cc(C3CC3)c21. The highest BCUT2D eigenvalue weighted by Crippen LogP contribution is 2.48. The molecule has 4 aromatic heterocycles. The van der Waals surface area contributed by atoms with Crippen LogP contribution in [0.3, 0.4) is 0 Å². The van der Waals surface area contributed by atoms with Crippen molar-refractivity contribution in [3.63, 3.8) is 0 Å². The molecule has 1 aliphatic carbocycles. The summed E-state index contributed by atoms with van der Waals surface area (Å²) < 4.78 is 28.1. The number of fused-ring (bicyclic) bond motifs is 5. The van der Waals surface area contributed by atoms with E-state index >= 15 is 0 Å². The van der Waals surface area contributed by atoms with Crippen LogP contribution in [-0.4, -0.2) is 21.5 Å². The monoisotopic (exact) mass is 420 g/mol. The summed E-state index contributed by atoms with van der Waals surface area (Å²) in [5, 5.41) is 4.78. The number of halogens is 2. The second-order valence-electron chi connectivity index (χ2n) is 7.13. The zero-order chi connectivity index (χ0) is 19.4. The molecular weight excluding hydrogens is 402 g/mol. The third kappa shape index (κ3) is 2.88. The van der Waals surface area contributed by atoms with Crippen LogP contribution in [0.2, 0.25) is 0 Å². The van der Waals surface area contributed by atoms with E-state index in [0.717, 1.165) is 47.9 Å². The number of alkyl halides is 2. The molecule has 2 N–H and O–H groups in total. The minimum absolute atomic E-state index is 0.192. The number of thiazole rings is 1. The van der Waals surface area contributed by atoms with E-state index in [0.29, 0.717) is 25.7 Å². The maximum Gasteiger partial charge on any atom is 0.280 e. The molecule has 5 nitrogen and oxygen atoms in total. The first-order chi connectivity index (χ1) is 13.6. The van der Waals surface area contributed by atoms with Gasteiger partial charge >= 0.3 is 0 Å². The van der Waals surface area contributed by atoms with Crippen LogP contribution >= 0.6 is 22.7 Å². The number of hydrogen-bond acceptors (Lipinski definition) is 6. The Hall–Kier alpha value is -2.13. The molecule has 0 radical (unpaired) electrons. The van der Waals surface area contributed by atoms with Gasteiger partial charge in [0.2, 0.25) is 0 Å². The largest absolute Gasteiger partial charge is 0.361 e. The second-order valence-corrected chi connectivity index (χ2v) is 9.13. The van der Waals surface area contributed by atoms with Crippen LogP contribution in [0.1, 0.15) is 56.2 Å². The van der Waals surface area contributed by atoms with Crippen molar-refractivity contribution in [1.29, 1.82) is 0 Å². The van der Waals surface area contributed by atoms with Crippen molar-refractivity contribution < 1.29 is 8.78 Å². The molecule has 1 fully saturated rings. The molecular formula is C19H18F2N4OS2. The van der Waals surface area contributed by atoms with Gasteiger partial charge in [0.05, 0.1) is 10.2 Å². The van der Waals surface area contributed by atoms with Crippen LogP contribution in [0.5, 0.6) is 0 Å². The Morgan fingerprint density at radius 1 is 1.29 bits per heavy atom. The molecule has 28 heavy (non-hydrogen) atoms. The second kappa shape index (κ2) is 6.73. The van der Waals surface area contributed by atoms with E-state index < -0.39 is 6.43 Å². The highest BCUT2D eigenvalue weighted by atomic mass is 32.1. The number of anilines is 1. The summed E-state index contributed by atoms with van der Waals surface area (Å²) in [6, 6.07) is 1.51. The number of hydrogen-bond donors (Lipinski definition) is 2. The van der Waals surface area contributed by atoms with E-state index in [4.69, 9.17) is 0 Å². The van der Waals surface area contributed by atoms with Crippen molar-refractivity contribution >= 4 is 58.5 Å². The summed E-state index contributed by atoms with van der Waals surface area (Å²) in [6.45, 7) is 2.92. The zero-order valence-electron chi connectivity index (χ0n) is 15.1. The Balaban J connectivity index is 1.77. The van der Waals surface area contributed by atoms with E-state index in [-0.39, 0.29) is 17.2 Å². The lowest BCUT2D eigenvalue weighted by Gasteiger charge is -2.05. The summed E-state index contributed by atoms with van der Waals surface area (Å²) in [5.74, 6) is 0.265. The number of H-pyrrole nitrogens is 1. The number of aromatic amines is 1. The standard InChI is InChI=1S/C19H18F2N4OS2/c1-2-3-6-22-19-25-13-14-12(24-17(26)15(13)28-19)11-9(8-4-5-8)7-10(16(20)21)23-18(11)27-14/h7-8,16H,2-6H2,1H3,(H,22,25)(H,24,26). The quantitative estimate of drug-likeness (QED) is 0.388. The Morgan fingerprint density at radius 2 is 2.11 bits per heavy atom. The molecule has 1 saturated carbocycles. The molecule has 9 heteroatoms. The molecule has 146 valence electrons. The van der Waals surface area contributed by atoms with Crippen molar-refractivity contribution in [2.45, 2.75) is 45.0 Å². The molecule has 5 rings (SSSR count). The van der Waals surface area contributed by atoms with Gasteiger partial charge in [0.15, 0.2) is 5.13 Å². The van der Waals surface area contributed by atoms with Gasteiger partial charge < -0.3 is 10.3 Å². The molecule has 0 amide bonds. The normalized spacial score (nSPS) is 14.7. The van der Waals surface area contributed by atoms with Crippen molar-refractivity contribution in [2.24, 2.45) is 0 Å². The van der Waals surface area contributed by atoms with Crippen LogP contribution in [0.25, 0.3) is 30.6 Å². The molecule has 4 aromatic rings. The van der Waals surface area contributed by atoms with Gasteiger partial charge in [-0.05, 0) is 36.8 Å². The molecule has 0 aromatic carbocycles. The minimum Gasteiger partial charge on any atom is -0.361 e. The number of rotatable bonds is 6. The van der Waals surface area contributed by atoms with Crippen LogP contribution in [0.15, 0.2) is 10.9 Å². The summed E-state index contributed by atoms with van der Waals surface area (Å²) in [5.41, 5.74) is 1.80. The fourth-order valence-corrected chi connectivity index (χ4v) is 5.63. The maximum absolute atomic E-state index is 13.3. The lowest BCUT2D eigenvalue weighted by Crippen LogP contribution is -2.04. The number of nitrogens with one attached hydrogen (secondary N) is 2. The Morgan fingerprint density at radius 3 is 2.82 bits per heavy atom. The topological polar surface area (TPSA) is 70.7 Å². The lowest BCUT2D eigenvalue weighted by atomic mass is 10.1. The number of nitrogens with zero attached hydrogens (tertiary/aromatic N) is 2. The average Bonchev–Trinajstić information content (AvgIpc) is 3.32. The molecule has 0 spiro atoms. The molecule has 0 aliphatic heterocycles. The highest BCUT2D eigenvalue weighted by molar-refractivity contribution is 7.27. The van der Waals surface area contributed by atoms with Gasteiger partial charge in [-0.15, -0.1) is 11.3 Å². The van der Waals surface area contributed by atoms with Crippen molar-refractivity contribution in [3.8, 4) is 0 Å². The smallest absolute Gasteiger partial charge is 0.280 e. The summed E-state index contributed by atoms with van der Waals surface area (Å²) >= 11 is 2.66. The van der Waals surface area contributed by atoms with Crippen LogP contribution in [-0.2, 0) is 0 Å². The fraction of sp³-hybridized carbons (Fsp3) is 0.421. The van der Waals surface area contributed by atoms with Gasteiger partial charge in [0, 0.05) is 11.9 Å². The van der Waals surface area contributed by atoms with Crippen molar-refractivity contribution in [2.75, 3.05) is 11.9 Å².